The van der Waals surface area contributed by atoms with E-state index in [1.165, 1.54) is 49.8 Å². The van der Waals surface area contributed by atoms with Crippen molar-refractivity contribution in [1.29, 1.82) is 0 Å². The molecule has 10 aliphatic carbocycles. The van der Waals surface area contributed by atoms with Gasteiger partial charge in [0.15, 0.2) is 0 Å². The van der Waals surface area contributed by atoms with Crippen molar-refractivity contribution < 1.29 is 0 Å². The Hall–Kier alpha value is -4.07. The van der Waals surface area contributed by atoms with Crippen molar-refractivity contribution in [3.63, 3.8) is 0 Å². The van der Waals surface area contributed by atoms with Crippen molar-refractivity contribution >= 4 is 11.8 Å². The quantitative estimate of drug-likeness (QED) is 0.267. The summed E-state index contributed by atoms with van der Waals surface area (Å²) in [6, 6.07) is 9.70. The number of fused-ring (bicyclic) bond motifs is 13. The van der Waals surface area contributed by atoms with E-state index in [0.717, 1.165) is 25.7 Å². The van der Waals surface area contributed by atoms with Crippen molar-refractivity contribution in [2.24, 2.45) is 58.7 Å². The largest absolute Gasteiger partial charge is 0.118 e. The van der Waals surface area contributed by atoms with Crippen molar-refractivity contribution in [2.45, 2.75) is 100 Å². The molecule has 0 bridgehead atoms. The van der Waals surface area contributed by atoms with Crippen molar-refractivity contribution in [1.82, 2.24) is 0 Å². The van der Waals surface area contributed by atoms with E-state index in [9.17, 15) is 0 Å². The van der Waals surface area contributed by atoms with Crippen LogP contribution >= 0.6 is 11.8 Å². The highest BCUT2D eigenvalue weighted by Crippen LogP contribution is 2.71. The summed E-state index contributed by atoms with van der Waals surface area (Å²) >= 11 is 2.13. The first kappa shape index (κ1) is 37.7. The highest BCUT2D eigenvalue weighted by atomic mass is 32.2. The summed E-state index contributed by atoms with van der Waals surface area (Å²) in [6.07, 6.45) is 63.8. The fraction of sp³-hybridized carbons (Fsp3) is 0.424. The van der Waals surface area contributed by atoms with Gasteiger partial charge in [0.2, 0.25) is 0 Å². The van der Waals surface area contributed by atoms with Crippen LogP contribution in [0.4, 0.5) is 0 Å². The summed E-state index contributed by atoms with van der Waals surface area (Å²) < 4.78 is 0. The van der Waals surface area contributed by atoms with Crippen LogP contribution < -0.4 is 0 Å². The van der Waals surface area contributed by atoms with Crippen LogP contribution in [0.3, 0.4) is 0 Å². The molecule has 12 rings (SSSR count). The van der Waals surface area contributed by atoms with Crippen molar-refractivity contribution in [3.05, 3.63) is 196 Å². The highest BCUT2D eigenvalue weighted by Gasteiger charge is 2.66. The van der Waals surface area contributed by atoms with Crippen LogP contribution in [0.5, 0.6) is 0 Å². The molecule has 11 aliphatic rings. The Bertz CT molecular complexity index is 2430. The molecule has 1 aliphatic heterocycles. The standard InChI is InChI=1S/C59H62S/c1-58(2)50-23-11-10-22-46(50)47-32-30-41(37-53(47)58)43(36-42-19-7-8-20-44(42)39-16-4-3-5-17-39)34-38-28-31-48-49-33-29-40-18-6-9-21-45(40)57(49)59(54(48)35-38)51-24-12-14-26-55(51)60-56-27-15-13-25-52(56)59/h3-5,8-9,12-16,20-22,24-33,36,38-39,48-51,53-55,57H,6-7,10-11,17-19,23,34-35,37H2,1-2H3/b43-36-. The minimum Gasteiger partial charge on any atom is -0.118 e. The van der Waals surface area contributed by atoms with Gasteiger partial charge in [-0.2, -0.15) is 0 Å². The predicted octanol–water partition coefficient (Wildman–Crippen LogP) is 15.1. The molecule has 0 nitrogen and oxygen atoms in total. The number of hydrogen-bond donors (Lipinski definition) is 0. The van der Waals surface area contributed by atoms with Crippen LogP contribution in [-0.2, 0) is 5.41 Å². The van der Waals surface area contributed by atoms with Crippen LogP contribution in [0.2, 0.25) is 0 Å². The Morgan fingerprint density at radius 3 is 2.57 bits per heavy atom. The molecular weight excluding hydrogens is 741 g/mol. The average molecular weight is 803 g/mol. The average Bonchev–Trinajstić information content (AvgIpc) is 3.72. The summed E-state index contributed by atoms with van der Waals surface area (Å²) in [6.45, 7) is 5.21. The SMILES string of the molecule is CC1(C)C2CCCC=C2C2=CC=C(/C(=C\C3=C(C4C=CC=CC4)C=CCC3)CC3C=CC4C5C=CC6=C(C=CCC6)C5C5(c6ccccc6SC6C=CC=CC65)C4C3)CC21. The molecule has 0 radical (unpaired) electrons. The van der Waals surface area contributed by atoms with Gasteiger partial charge >= 0.3 is 0 Å². The summed E-state index contributed by atoms with van der Waals surface area (Å²) in [5.74, 6) is 4.93. The van der Waals surface area contributed by atoms with Gasteiger partial charge in [-0.1, -0.05) is 154 Å². The second-order valence-corrected chi connectivity index (χ2v) is 21.9. The van der Waals surface area contributed by atoms with Crippen LogP contribution in [-0.4, -0.2) is 5.25 Å². The molecule has 0 saturated heterocycles. The molecule has 1 aromatic carbocycles. The Labute approximate surface area is 364 Å². The fourth-order valence-electron chi connectivity index (χ4n) is 15.1. The molecule has 1 heteroatoms. The lowest BCUT2D eigenvalue weighted by Crippen LogP contribution is -2.52. The van der Waals surface area contributed by atoms with Gasteiger partial charge in [-0.15, -0.1) is 11.8 Å². The Balaban J connectivity index is 0.973. The molecule has 0 amide bonds. The van der Waals surface area contributed by atoms with E-state index in [1.54, 1.807) is 50.1 Å². The number of benzene rings is 1. The van der Waals surface area contributed by atoms with E-state index in [0.29, 0.717) is 63.9 Å². The van der Waals surface area contributed by atoms with E-state index in [4.69, 9.17) is 0 Å². The van der Waals surface area contributed by atoms with Crippen molar-refractivity contribution in [3.8, 4) is 0 Å². The Morgan fingerprint density at radius 1 is 0.783 bits per heavy atom. The molecule has 304 valence electrons. The van der Waals surface area contributed by atoms with E-state index in [2.05, 4.69) is 171 Å². The zero-order chi connectivity index (χ0) is 40.0. The number of rotatable bonds is 5. The summed E-state index contributed by atoms with van der Waals surface area (Å²) in [5, 5.41) is 0.474. The molecule has 2 fully saturated rings. The molecule has 1 heterocycles. The van der Waals surface area contributed by atoms with Gasteiger partial charge in [-0.25, -0.2) is 0 Å². The number of thioether (sulfide) groups is 1. The normalized spacial score (nSPS) is 38.8. The van der Waals surface area contributed by atoms with E-state index in [1.807, 2.05) is 0 Å². The summed E-state index contributed by atoms with van der Waals surface area (Å²) in [5.41, 5.74) is 15.0. The first-order valence-electron chi connectivity index (χ1n) is 23.9. The Morgan fingerprint density at radius 2 is 1.65 bits per heavy atom. The lowest BCUT2D eigenvalue weighted by Gasteiger charge is -2.54. The van der Waals surface area contributed by atoms with Gasteiger partial charge in [0.05, 0.1) is 0 Å². The Kier molecular flexibility index (Phi) is 9.29. The molecule has 11 atom stereocenters. The highest BCUT2D eigenvalue weighted by molar-refractivity contribution is 8.00. The maximum atomic E-state index is 2.77. The lowest BCUT2D eigenvalue weighted by molar-refractivity contribution is 0.151. The summed E-state index contributed by atoms with van der Waals surface area (Å²) in [4.78, 5) is 1.53. The van der Waals surface area contributed by atoms with Crippen LogP contribution in [0, 0.1) is 58.7 Å². The van der Waals surface area contributed by atoms with Crippen LogP contribution in [0.25, 0.3) is 0 Å². The van der Waals surface area contributed by atoms with Gasteiger partial charge in [-0.3, -0.25) is 0 Å². The molecular formula is C59H62S. The lowest BCUT2D eigenvalue weighted by atomic mass is 9.53. The second-order valence-electron chi connectivity index (χ2n) is 20.7. The third-order valence-electron chi connectivity index (χ3n) is 17.6. The molecule has 1 spiro atoms. The fourth-order valence-corrected chi connectivity index (χ4v) is 16.5. The predicted molar refractivity (Wildman–Crippen MR) is 253 cm³/mol. The van der Waals surface area contributed by atoms with Gasteiger partial charge < -0.3 is 0 Å². The number of allylic oxidation sites excluding steroid dienone is 27. The summed E-state index contributed by atoms with van der Waals surface area (Å²) in [7, 11) is 0. The first-order valence-corrected chi connectivity index (χ1v) is 24.8. The maximum Gasteiger partial charge on any atom is 0.0349 e. The third-order valence-corrected chi connectivity index (χ3v) is 19.0. The zero-order valence-corrected chi connectivity index (χ0v) is 36.6. The molecule has 1 aromatic rings. The van der Waals surface area contributed by atoms with Gasteiger partial charge in [0.25, 0.3) is 0 Å². The van der Waals surface area contributed by atoms with Gasteiger partial charge in [-0.05, 0) is 168 Å². The minimum absolute atomic E-state index is 0.0490. The minimum atomic E-state index is 0.0490. The smallest absolute Gasteiger partial charge is 0.0349 e. The van der Waals surface area contributed by atoms with E-state index < -0.39 is 0 Å². The van der Waals surface area contributed by atoms with Gasteiger partial charge in [0, 0.05) is 33.3 Å². The molecule has 60 heavy (non-hydrogen) atoms. The van der Waals surface area contributed by atoms with E-state index in [-0.39, 0.29) is 5.41 Å². The molecule has 0 aromatic heterocycles. The molecule has 11 unspecified atom stereocenters. The van der Waals surface area contributed by atoms with Crippen LogP contribution in [0.15, 0.2) is 195 Å². The zero-order valence-electron chi connectivity index (χ0n) is 35.8. The van der Waals surface area contributed by atoms with Gasteiger partial charge in [0.1, 0.15) is 0 Å². The van der Waals surface area contributed by atoms with E-state index >= 15 is 0 Å². The molecule has 0 N–H and O–H groups in total. The number of hydrogen-bond acceptors (Lipinski definition) is 1. The monoisotopic (exact) mass is 802 g/mol. The van der Waals surface area contributed by atoms with Crippen LogP contribution in [0.1, 0.15) is 90.0 Å². The third kappa shape index (κ3) is 5.76. The maximum absolute atomic E-state index is 2.77. The molecule has 2 saturated carbocycles. The first-order chi connectivity index (χ1) is 29.5. The second kappa shape index (κ2) is 14.8. The van der Waals surface area contributed by atoms with Crippen molar-refractivity contribution in [2.75, 3.05) is 0 Å². The topological polar surface area (TPSA) is 0 Å².